The first kappa shape index (κ1) is 25.3. The summed E-state index contributed by atoms with van der Waals surface area (Å²) in [6.07, 6.45) is -0.179. The van der Waals surface area contributed by atoms with Crippen LogP contribution in [0.1, 0.15) is 11.1 Å². The second-order valence-corrected chi connectivity index (χ2v) is 10.4. The average Bonchev–Trinajstić information content (AvgIpc) is 2.74. The molecule has 178 valence electrons. The number of primary sulfonamides is 1. The quantitative estimate of drug-likeness (QED) is 0.517. The molecule has 0 unspecified atom stereocenters. The molecule has 1 fully saturated rings. The van der Waals surface area contributed by atoms with Gasteiger partial charge in [0.15, 0.2) is 12.4 Å². The molecule has 3 rings (SSSR count). The number of rotatable bonds is 9. The number of carbonyl (C=O) groups excluding carboxylic acids is 2. The van der Waals surface area contributed by atoms with Crippen LogP contribution in [0.25, 0.3) is 0 Å². The Kier molecular flexibility index (Phi) is 8.57. The summed E-state index contributed by atoms with van der Waals surface area (Å²) in [5, 5.41) is 4.94. The fourth-order valence-electron chi connectivity index (χ4n) is 3.55. The highest BCUT2D eigenvalue weighted by molar-refractivity contribution is 9.10. The van der Waals surface area contributed by atoms with Gasteiger partial charge in [-0.2, -0.15) is 0 Å². The molecule has 0 spiro atoms. The highest BCUT2D eigenvalue weighted by Crippen LogP contribution is 2.24. The molecule has 2 N–H and O–H groups in total. The van der Waals surface area contributed by atoms with Crippen LogP contribution >= 0.6 is 15.9 Å². The Labute approximate surface area is 200 Å². The minimum atomic E-state index is -3.92. The molecule has 33 heavy (non-hydrogen) atoms. The van der Waals surface area contributed by atoms with E-state index in [1.165, 1.54) is 12.1 Å². The van der Waals surface area contributed by atoms with Gasteiger partial charge in [-0.15, -0.1) is 0 Å². The van der Waals surface area contributed by atoms with Crippen molar-refractivity contribution in [1.82, 2.24) is 9.80 Å². The van der Waals surface area contributed by atoms with Gasteiger partial charge in [-0.3, -0.25) is 14.5 Å². The predicted octanol–water partition coefficient (Wildman–Crippen LogP) is 1.71. The zero-order chi connectivity index (χ0) is 24.0. The van der Waals surface area contributed by atoms with Gasteiger partial charge in [0.1, 0.15) is 17.3 Å². The molecule has 1 saturated heterocycles. The van der Waals surface area contributed by atoms with Crippen LogP contribution in [-0.2, 0) is 32.6 Å². The van der Waals surface area contributed by atoms with Gasteiger partial charge in [0.25, 0.3) is 5.91 Å². The summed E-state index contributed by atoms with van der Waals surface area (Å²) in [7, 11) is -3.92. The smallest absolute Gasteiger partial charge is 0.260 e. The Hall–Kier alpha value is -2.34. The van der Waals surface area contributed by atoms with E-state index in [2.05, 4.69) is 20.8 Å². The number of benzene rings is 2. The number of nitrogens with zero attached hydrogens (tertiary/aromatic N) is 2. The van der Waals surface area contributed by atoms with Crippen LogP contribution in [0.15, 0.2) is 46.9 Å². The third-order valence-electron chi connectivity index (χ3n) is 5.17. The summed E-state index contributed by atoms with van der Waals surface area (Å²) in [6.45, 7) is 2.96. The molecule has 0 aromatic heterocycles. The topological polar surface area (TPSA) is 110 Å². The molecular formula is C22H25BrFN3O5S. The number of sulfonamides is 1. The molecule has 0 aliphatic carbocycles. The van der Waals surface area contributed by atoms with Crippen LogP contribution < -0.4 is 9.88 Å². The molecule has 2 aromatic rings. The van der Waals surface area contributed by atoms with E-state index in [1.54, 1.807) is 35.2 Å². The summed E-state index contributed by atoms with van der Waals surface area (Å²) in [4.78, 5) is 28.6. The molecule has 11 heteroatoms. The number of carbonyl (C=O) groups is 2. The van der Waals surface area contributed by atoms with Crippen molar-refractivity contribution in [3.63, 3.8) is 0 Å². The van der Waals surface area contributed by atoms with Gasteiger partial charge >= 0.3 is 0 Å². The first-order valence-corrected chi connectivity index (χ1v) is 12.8. The third kappa shape index (κ3) is 8.18. The number of nitrogens with two attached hydrogens (primary N) is 1. The molecular weight excluding hydrogens is 517 g/mol. The monoisotopic (exact) mass is 541 g/mol. The summed E-state index contributed by atoms with van der Waals surface area (Å²) >= 11 is 3.31. The van der Waals surface area contributed by atoms with Crippen molar-refractivity contribution < 1.29 is 27.1 Å². The van der Waals surface area contributed by atoms with Crippen molar-refractivity contribution in [1.29, 1.82) is 0 Å². The summed E-state index contributed by atoms with van der Waals surface area (Å²) < 4.78 is 41.7. The molecule has 0 atom stereocenters. The summed E-state index contributed by atoms with van der Waals surface area (Å²) in [5.74, 6) is -1.44. The number of piperazine rings is 1. The van der Waals surface area contributed by atoms with Crippen LogP contribution in [0.2, 0.25) is 0 Å². The van der Waals surface area contributed by atoms with Crippen LogP contribution in [0.3, 0.4) is 0 Å². The minimum absolute atomic E-state index is 0.179. The average molecular weight is 542 g/mol. The molecule has 0 bridgehead atoms. The van der Waals surface area contributed by atoms with Crippen molar-refractivity contribution in [2.75, 3.05) is 38.5 Å². The lowest BCUT2D eigenvalue weighted by Gasteiger charge is -2.34. The Balaban J connectivity index is 1.51. The van der Waals surface area contributed by atoms with Crippen LogP contribution in [0.4, 0.5) is 4.39 Å². The van der Waals surface area contributed by atoms with Gasteiger partial charge in [-0.25, -0.2) is 17.9 Å². The van der Waals surface area contributed by atoms with Gasteiger partial charge < -0.3 is 9.64 Å². The molecule has 2 aromatic carbocycles. The maximum Gasteiger partial charge on any atom is 0.260 e. The zero-order valence-electron chi connectivity index (χ0n) is 17.9. The Morgan fingerprint density at radius 3 is 2.36 bits per heavy atom. The van der Waals surface area contributed by atoms with Crippen molar-refractivity contribution in [2.24, 2.45) is 5.14 Å². The summed E-state index contributed by atoms with van der Waals surface area (Å²) in [6, 6.07) is 11.4. The van der Waals surface area contributed by atoms with Gasteiger partial charge in [0, 0.05) is 49.2 Å². The van der Waals surface area contributed by atoms with E-state index in [-0.39, 0.29) is 24.8 Å². The Bertz CT molecular complexity index is 1100. The zero-order valence-corrected chi connectivity index (χ0v) is 20.3. The van der Waals surface area contributed by atoms with E-state index in [1.807, 2.05) is 0 Å². The van der Waals surface area contributed by atoms with Crippen LogP contribution in [0, 0.1) is 5.82 Å². The SMILES string of the molecule is NS(=O)(=O)CC(=O)Cc1cc(Br)ccc1OCC(=O)N1CCN(Cc2ccc(F)cc2)CC1. The number of Topliss-reactive ketones (excluding diaryl/α,β-unsaturated/α-hetero) is 1. The number of hydrogen-bond donors (Lipinski definition) is 1. The lowest BCUT2D eigenvalue weighted by molar-refractivity contribution is -0.135. The van der Waals surface area contributed by atoms with E-state index in [0.717, 1.165) is 5.56 Å². The van der Waals surface area contributed by atoms with E-state index < -0.39 is 21.6 Å². The van der Waals surface area contributed by atoms with E-state index in [9.17, 15) is 22.4 Å². The van der Waals surface area contributed by atoms with Gasteiger partial charge in [0.05, 0.1) is 0 Å². The molecule has 0 radical (unpaired) electrons. The Morgan fingerprint density at radius 1 is 1.06 bits per heavy atom. The second-order valence-electron chi connectivity index (χ2n) is 7.85. The van der Waals surface area contributed by atoms with E-state index in [4.69, 9.17) is 9.88 Å². The van der Waals surface area contributed by atoms with Crippen LogP contribution in [0.5, 0.6) is 5.75 Å². The van der Waals surface area contributed by atoms with Gasteiger partial charge in [-0.1, -0.05) is 28.1 Å². The number of halogens is 2. The molecule has 8 nitrogen and oxygen atoms in total. The fraction of sp³-hybridized carbons (Fsp3) is 0.364. The van der Waals surface area contributed by atoms with Gasteiger partial charge in [-0.05, 0) is 35.9 Å². The van der Waals surface area contributed by atoms with Crippen LogP contribution in [-0.4, -0.2) is 68.4 Å². The predicted molar refractivity (Wildman–Crippen MR) is 125 cm³/mol. The third-order valence-corrected chi connectivity index (χ3v) is 6.39. The minimum Gasteiger partial charge on any atom is -0.483 e. The lowest BCUT2D eigenvalue weighted by atomic mass is 10.1. The number of hydrogen-bond acceptors (Lipinski definition) is 6. The first-order valence-electron chi connectivity index (χ1n) is 10.3. The molecule has 1 amide bonds. The van der Waals surface area contributed by atoms with Crippen molar-refractivity contribution in [3.8, 4) is 5.75 Å². The molecule has 0 saturated carbocycles. The highest BCUT2D eigenvalue weighted by atomic mass is 79.9. The fourth-order valence-corrected chi connectivity index (χ4v) is 4.51. The highest BCUT2D eigenvalue weighted by Gasteiger charge is 2.22. The molecule has 1 aliphatic rings. The van der Waals surface area contributed by atoms with E-state index in [0.29, 0.717) is 48.5 Å². The van der Waals surface area contributed by atoms with E-state index >= 15 is 0 Å². The number of amides is 1. The lowest BCUT2D eigenvalue weighted by Crippen LogP contribution is -2.49. The summed E-state index contributed by atoms with van der Waals surface area (Å²) in [5.41, 5.74) is 1.48. The number of ether oxygens (including phenoxy) is 1. The van der Waals surface area contributed by atoms with Crippen molar-refractivity contribution in [2.45, 2.75) is 13.0 Å². The van der Waals surface area contributed by atoms with Gasteiger partial charge in [0.2, 0.25) is 10.0 Å². The normalized spacial score (nSPS) is 14.8. The largest absolute Gasteiger partial charge is 0.483 e. The number of ketones is 1. The molecule has 1 heterocycles. The first-order chi connectivity index (χ1) is 15.6. The maximum absolute atomic E-state index is 13.1. The molecule has 1 aliphatic heterocycles. The Morgan fingerprint density at radius 2 is 1.73 bits per heavy atom. The van der Waals surface area contributed by atoms with Crippen molar-refractivity contribution >= 4 is 37.6 Å². The standard InChI is InChI=1S/C22H25BrFN3O5S/c23-18-3-6-21(17(11-18)12-20(28)15-33(25,30)31)32-14-22(29)27-9-7-26(8-10-27)13-16-1-4-19(24)5-2-16/h1-6,11H,7-10,12-15H2,(H2,25,30,31). The maximum atomic E-state index is 13.1. The second kappa shape index (κ2) is 11.2. The van der Waals surface area contributed by atoms with Crippen molar-refractivity contribution in [3.05, 3.63) is 63.9 Å².